The van der Waals surface area contributed by atoms with Gasteiger partial charge in [0.2, 0.25) is 5.91 Å². The summed E-state index contributed by atoms with van der Waals surface area (Å²) in [6.45, 7) is 6.59. The lowest BCUT2D eigenvalue weighted by Crippen LogP contribution is -2.57. The van der Waals surface area contributed by atoms with E-state index in [1.54, 1.807) is 19.0 Å². The van der Waals surface area contributed by atoms with Crippen molar-refractivity contribution in [1.82, 2.24) is 20.0 Å². The molecule has 0 aromatic rings. The van der Waals surface area contributed by atoms with Crippen LogP contribution in [0.5, 0.6) is 0 Å². The van der Waals surface area contributed by atoms with Crippen LogP contribution in [-0.2, 0) is 4.79 Å². The monoisotopic (exact) mass is 335 g/mol. The number of nitrogens with zero attached hydrogens (tertiary/aromatic N) is 4. The Morgan fingerprint density at radius 3 is 2.67 bits per heavy atom. The van der Waals surface area contributed by atoms with Crippen LogP contribution >= 0.6 is 0 Å². The Kier molecular flexibility index (Phi) is 5.64. The molecule has 2 aliphatic heterocycles. The largest absolute Gasteiger partial charge is 0.357 e. The predicted octanol–water partition coefficient (Wildman–Crippen LogP) is 0.989. The highest BCUT2D eigenvalue weighted by Gasteiger charge is 2.42. The molecule has 3 rings (SSSR count). The van der Waals surface area contributed by atoms with Gasteiger partial charge in [-0.3, -0.25) is 9.69 Å². The van der Waals surface area contributed by atoms with Crippen molar-refractivity contribution in [1.29, 1.82) is 0 Å². The minimum absolute atomic E-state index is 0.0536. The predicted molar refractivity (Wildman–Crippen MR) is 97.1 cm³/mol. The maximum atomic E-state index is 11.9. The Morgan fingerprint density at radius 1 is 1.21 bits per heavy atom. The third-order valence-corrected chi connectivity index (χ3v) is 5.62. The minimum atomic E-state index is 0.0536. The first-order chi connectivity index (χ1) is 11.6. The second kappa shape index (κ2) is 7.72. The summed E-state index contributed by atoms with van der Waals surface area (Å²) < 4.78 is 0. The molecular weight excluding hydrogens is 302 g/mol. The van der Waals surface area contributed by atoms with Crippen molar-refractivity contribution in [3.05, 3.63) is 0 Å². The van der Waals surface area contributed by atoms with E-state index in [0.717, 1.165) is 43.6 Å². The van der Waals surface area contributed by atoms with E-state index in [4.69, 9.17) is 0 Å². The van der Waals surface area contributed by atoms with Crippen molar-refractivity contribution in [3.8, 4) is 0 Å². The highest BCUT2D eigenvalue weighted by molar-refractivity contribution is 5.84. The molecule has 3 aliphatic rings. The highest BCUT2D eigenvalue weighted by Crippen LogP contribution is 2.38. The second-order valence-electron chi connectivity index (χ2n) is 7.63. The van der Waals surface area contributed by atoms with Crippen LogP contribution in [0, 0.1) is 5.92 Å². The van der Waals surface area contributed by atoms with Crippen molar-refractivity contribution in [2.24, 2.45) is 10.9 Å². The van der Waals surface area contributed by atoms with Crippen molar-refractivity contribution in [2.75, 3.05) is 46.8 Å². The molecule has 2 atom stereocenters. The van der Waals surface area contributed by atoms with E-state index >= 15 is 0 Å². The molecule has 0 aromatic heterocycles. The molecule has 6 heteroatoms. The normalized spacial score (nSPS) is 28.5. The molecule has 3 fully saturated rings. The quantitative estimate of drug-likeness (QED) is 0.615. The van der Waals surface area contributed by atoms with E-state index in [2.05, 4.69) is 27.0 Å². The summed E-state index contributed by atoms with van der Waals surface area (Å²) in [4.78, 5) is 23.2. The van der Waals surface area contributed by atoms with Crippen molar-refractivity contribution >= 4 is 11.9 Å². The molecule has 2 saturated heterocycles. The highest BCUT2D eigenvalue weighted by atomic mass is 16.2. The van der Waals surface area contributed by atoms with Crippen LogP contribution in [0.2, 0.25) is 0 Å². The summed E-state index contributed by atoms with van der Waals surface area (Å²) >= 11 is 0. The van der Waals surface area contributed by atoms with E-state index in [1.807, 2.05) is 0 Å². The number of carbonyl (C=O) groups excluding carboxylic acids is 1. The Bertz CT molecular complexity index is 474. The zero-order chi connectivity index (χ0) is 17.1. The zero-order valence-corrected chi connectivity index (χ0v) is 15.5. The molecule has 2 unspecified atom stereocenters. The topological polar surface area (TPSA) is 51.2 Å². The van der Waals surface area contributed by atoms with Gasteiger partial charge in [-0.2, -0.15) is 0 Å². The first-order valence-corrected chi connectivity index (χ1v) is 9.59. The van der Waals surface area contributed by atoms with Gasteiger partial charge in [0.1, 0.15) is 6.54 Å². The van der Waals surface area contributed by atoms with Gasteiger partial charge in [0.25, 0.3) is 0 Å². The average Bonchev–Trinajstić information content (AvgIpc) is 3.42. The first kappa shape index (κ1) is 17.5. The van der Waals surface area contributed by atoms with Crippen LogP contribution in [0.1, 0.15) is 39.0 Å². The standard InChI is InChI=1S/C18H33N5O/c1-4-19-18(20-12-17(24)21(2)3)22-11-9-16-14(13-22)6-5-10-23(16)15-7-8-15/h14-16H,4-13H2,1-3H3,(H,19,20). The maximum absolute atomic E-state index is 11.9. The lowest BCUT2D eigenvalue weighted by molar-refractivity contribution is -0.127. The number of likely N-dealkylation sites (N-methyl/N-ethyl adjacent to an activating group) is 1. The summed E-state index contributed by atoms with van der Waals surface area (Å²) in [5, 5.41) is 3.38. The summed E-state index contributed by atoms with van der Waals surface area (Å²) in [5.41, 5.74) is 0. The molecule has 1 amide bonds. The second-order valence-corrected chi connectivity index (χ2v) is 7.63. The van der Waals surface area contributed by atoms with E-state index in [0.29, 0.717) is 0 Å². The van der Waals surface area contributed by atoms with E-state index < -0.39 is 0 Å². The Hall–Kier alpha value is -1.30. The fraction of sp³-hybridized carbons (Fsp3) is 0.889. The Balaban J connectivity index is 1.62. The van der Waals surface area contributed by atoms with Gasteiger partial charge in [0.05, 0.1) is 0 Å². The van der Waals surface area contributed by atoms with Gasteiger partial charge in [-0.15, -0.1) is 0 Å². The van der Waals surface area contributed by atoms with Crippen LogP contribution in [0.25, 0.3) is 0 Å². The average molecular weight is 335 g/mol. The fourth-order valence-electron chi connectivity index (χ4n) is 4.20. The summed E-state index contributed by atoms with van der Waals surface area (Å²) in [6, 6.07) is 1.65. The number of piperidine rings is 2. The third-order valence-electron chi connectivity index (χ3n) is 5.62. The number of carbonyl (C=O) groups is 1. The summed E-state index contributed by atoms with van der Waals surface area (Å²) in [7, 11) is 3.57. The number of guanidine groups is 1. The van der Waals surface area contributed by atoms with Gasteiger partial charge in [0.15, 0.2) is 5.96 Å². The van der Waals surface area contributed by atoms with Crippen molar-refractivity contribution in [3.63, 3.8) is 0 Å². The number of rotatable bonds is 4. The number of fused-ring (bicyclic) bond motifs is 1. The van der Waals surface area contributed by atoms with Gasteiger partial charge in [-0.25, -0.2) is 4.99 Å². The fourth-order valence-corrected chi connectivity index (χ4v) is 4.20. The lowest BCUT2D eigenvalue weighted by Gasteiger charge is -2.48. The number of likely N-dealkylation sites (tertiary alicyclic amines) is 2. The Labute approximate surface area is 146 Å². The van der Waals surface area contributed by atoms with Crippen molar-refractivity contribution < 1.29 is 4.79 Å². The zero-order valence-electron chi connectivity index (χ0n) is 15.5. The van der Waals surface area contributed by atoms with Crippen LogP contribution < -0.4 is 5.32 Å². The molecule has 0 aromatic carbocycles. The number of amides is 1. The summed E-state index contributed by atoms with van der Waals surface area (Å²) in [5.74, 6) is 1.72. The van der Waals surface area contributed by atoms with E-state index in [-0.39, 0.29) is 12.5 Å². The van der Waals surface area contributed by atoms with Crippen LogP contribution in [0.4, 0.5) is 0 Å². The number of hydrogen-bond acceptors (Lipinski definition) is 3. The lowest BCUT2D eigenvalue weighted by atomic mass is 9.83. The van der Waals surface area contributed by atoms with Gasteiger partial charge < -0.3 is 15.1 Å². The van der Waals surface area contributed by atoms with Gasteiger partial charge in [-0.1, -0.05) is 0 Å². The minimum Gasteiger partial charge on any atom is -0.357 e. The van der Waals surface area contributed by atoms with E-state index in [1.165, 1.54) is 38.6 Å². The van der Waals surface area contributed by atoms with E-state index in [9.17, 15) is 4.79 Å². The third kappa shape index (κ3) is 4.02. The van der Waals surface area contributed by atoms with Crippen molar-refractivity contribution in [2.45, 2.75) is 51.1 Å². The number of aliphatic imine (C=N–C) groups is 1. The molecule has 0 bridgehead atoms. The van der Waals surface area contributed by atoms with Crippen LogP contribution in [-0.4, -0.2) is 85.5 Å². The van der Waals surface area contributed by atoms with Gasteiger partial charge >= 0.3 is 0 Å². The molecule has 0 radical (unpaired) electrons. The molecule has 1 aliphatic carbocycles. The first-order valence-electron chi connectivity index (χ1n) is 9.59. The molecule has 6 nitrogen and oxygen atoms in total. The van der Waals surface area contributed by atoms with Gasteiger partial charge in [-0.05, 0) is 51.5 Å². The number of hydrogen-bond donors (Lipinski definition) is 1. The summed E-state index contributed by atoms with van der Waals surface area (Å²) in [6.07, 6.45) is 6.71. The van der Waals surface area contributed by atoms with Crippen LogP contribution in [0.3, 0.4) is 0 Å². The molecule has 2 heterocycles. The molecular formula is C18H33N5O. The maximum Gasteiger partial charge on any atom is 0.243 e. The molecule has 136 valence electrons. The number of nitrogens with one attached hydrogen (secondary N) is 1. The van der Waals surface area contributed by atoms with Crippen LogP contribution in [0.15, 0.2) is 4.99 Å². The van der Waals surface area contributed by atoms with Gasteiger partial charge in [0, 0.05) is 45.8 Å². The smallest absolute Gasteiger partial charge is 0.243 e. The SMILES string of the molecule is CCNC(=NCC(=O)N(C)C)N1CCC2C(CCCN2C2CC2)C1. The molecule has 1 saturated carbocycles. The molecule has 24 heavy (non-hydrogen) atoms. The molecule has 1 N–H and O–H groups in total. The molecule has 0 spiro atoms. The Morgan fingerprint density at radius 2 is 2.00 bits per heavy atom.